The minimum absolute atomic E-state index is 0.182. The highest BCUT2D eigenvalue weighted by Crippen LogP contribution is 2.29. The number of benzene rings is 1. The highest BCUT2D eigenvalue weighted by atomic mass is 15.1. The lowest BCUT2D eigenvalue weighted by Gasteiger charge is -2.25. The zero-order valence-corrected chi connectivity index (χ0v) is 14.0. The van der Waals surface area contributed by atoms with Crippen LogP contribution in [0.25, 0.3) is 0 Å². The van der Waals surface area contributed by atoms with E-state index in [2.05, 4.69) is 70.5 Å². The van der Waals surface area contributed by atoms with E-state index < -0.39 is 0 Å². The maximum atomic E-state index is 4.12. The van der Waals surface area contributed by atoms with E-state index in [9.17, 15) is 0 Å². The van der Waals surface area contributed by atoms with Crippen LogP contribution in [0.1, 0.15) is 45.2 Å². The van der Waals surface area contributed by atoms with Gasteiger partial charge in [-0.1, -0.05) is 57.2 Å². The summed E-state index contributed by atoms with van der Waals surface area (Å²) in [4.78, 5) is 2.37. The van der Waals surface area contributed by atoms with Gasteiger partial charge in [-0.15, -0.1) is 0 Å². The number of hydrogen-bond acceptors (Lipinski definition) is 1. The average molecular weight is 273 g/mol. The molecule has 1 aromatic carbocycles. The summed E-state index contributed by atoms with van der Waals surface area (Å²) in [5.41, 5.74) is 4.33. The van der Waals surface area contributed by atoms with Gasteiger partial charge in [-0.05, 0) is 62.9 Å². The van der Waals surface area contributed by atoms with Crippen LogP contribution < -0.4 is 0 Å². The van der Waals surface area contributed by atoms with Crippen molar-refractivity contribution in [1.29, 1.82) is 0 Å². The molecule has 0 bridgehead atoms. The second-order valence-electron chi connectivity index (χ2n) is 6.66. The van der Waals surface area contributed by atoms with Crippen molar-refractivity contribution in [2.45, 2.75) is 47.0 Å². The van der Waals surface area contributed by atoms with Gasteiger partial charge in [-0.2, -0.15) is 0 Å². The molecule has 1 rings (SSSR count). The summed E-state index contributed by atoms with van der Waals surface area (Å²) in [7, 11) is 2.19. The van der Waals surface area contributed by atoms with Crippen molar-refractivity contribution < 1.29 is 0 Å². The Hall–Kier alpha value is -1.08. The molecule has 0 radical (unpaired) electrons. The van der Waals surface area contributed by atoms with Crippen LogP contribution in [0.15, 0.2) is 36.4 Å². The van der Waals surface area contributed by atoms with Gasteiger partial charge in [-0.3, -0.25) is 0 Å². The Bertz CT molecular complexity index is 431. The summed E-state index contributed by atoms with van der Waals surface area (Å²) in [5, 5.41) is 0. The first-order valence-electron chi connectivity index (χ1n) is 7.77. The van der Waals surface area contributed by atoms with Crippen molar-refractivity contribution in [1.82, 2.24) is 4.90 Å². The van der Waals surface area contributed by atoms with Crippen LogP contribution in [0.5, 0.6) is 0 Å². The first kappa shape index (κ1) is 17.0. The monoisotopic (exact) mass is 273 g/mol. The summed E-state index contributed by atoms with van der Waals surface area (Å²) in [6.45, 7) is 15.3. The average Bonchev–Trinajstić information content (AvgIpc) is 2.38. The Morgan fingerprint density at radius 1 is 1.25 bits per heavy atom. The van der Waals surface area contributed by atoms with E-state index >= 15 is 0 Å². The Balaban J connectivity index is 2.60. The van der Waals surface area contributed by atoms with Crippen molar-refractivity contribution in [2.24, 2.45) is 5.41 Å². The number of nitrogens with zero attached hydrogens (tertiary/aromatic N) is 1. The molecule has 0 saturated carbocycles. The Labute approximate surface area is 125 Å². The molecular weight excluding hydrogens is 242 g/mol. The van der Waals surface area contributed by atoms with Crippen LogP contribution in [0.2, 0.25) is 0 Å². The minimum atomic E-state index is 0.182. The molecule has 1 nitrogen and oxygen atoms in total. The molecule has 0 heterocycles. The normalized spacial score (nSPS) is 11.9. The Morgan fingerprint density at radius 2 is 1.90 bits per heavy atom. The molecule has 0 fully saturated rings. The third-order valence-electron chi connectivity index (χ3n) is 4.34. The van der Waals surface area contributed by atoms with E-state index in [-0.39, 0.29) is 5.41 Å². The smallest absolute Gasteiger partial charge is 0.00187 e. The fourth-order valence-electron chi connectivity index (χ4n) is 2.27. The molecule has 0 aliphatic carbocycles. The van der Waals surface area contributed by atoms with Crippen molar-refractivity contribution in [3.8, 4) is 0 Å². The molecule has 1 heteroatoms. The molecule has 0 atom stereocenters. The van der Waals surface area contributed by atoms with Crippen molar-refractivity contribution in [3.05, 3.63) is 47.5 Å². The SMILES string of the molecule is C=C(C)C(C)(C)Cc1cccc(CCCN(C)CC)c1. The van der Waals surface area contributed by atoms with E-state index in [1.54, 1.807) is 0 Å². The van der Waals surface area contributed by atoms with Gasteiger partial charge < -0.3 is 4.90 Å². The van der Waals surface area contributed by atoms with Gasteiger partial charge >= 0.3 is 0 Å². The van der Waals surface area contributed by atoms with Gasteiger partial charge in [0.25, 0.3) is 0 Å². The van der Waals surface area contributed by atoms with Crippen molar-refractivity contribution in [2.75, 3.05) is 20.1 Å². The van der Waals surface area contributed by atoms with Crippen LogP contribution in [0.3, 0.4) is 0 Å². The molecule has 0 N–H and O–H groups in total. The Morgan fingerprint density at radius 3 is 2.50 bits per heavy atom. The summed E-state index contributed by atoms with van der Waals surface area (Å²) in [5.74, 6) is 0. The van der Waals surface area contributed by atoms with Crippen LogP contribution in [0.4, 0.5) is 0 Å². The number of allylic oxidation sites excluding steroid dienone is 1. The fraction of sp³-hybridized carbons (Fsp3) is 0.579. The molecule has 0 aromatic heterocycles. The van der Waals surface area contributed by atoms with E-state index in [0.29, 0.717) is 0 Å². The van der Waals surface area contributed by atoms with E-state index in [1.807, 2.05) is 0 Å². The molecule has 0 unspecified atom stereocenters. The first-order valence-corrected chi connectivity index (χ1v) is 7.77. The van der Waals surface area contributed by atoms with Crippen LogP contribution >= 0.6 is 0 Å². The number of aryl methyl sites for hydroxylation is 1. The Kier molecular flexibility index (Phi) is 6.48. The molecule has 20 heavy (non-hydrogen) atoms. The summed E-state index contributed by atoms with van der Waals surface area (Å²) in [6.07, 6.45) is 3.48. The zero-order valence-electron chi connectivity index (χ0n) is 14.0. The lowest BCUT2D eigenvalue weighted by Crippen LogP contribution is -2.19. The highest BCUT2D eigenvalue weighted by Gasteiger charge is 2.19. The molecular formula is C19H31N. The second-order valence-corrected chi connectivity index (χ2v) is 6.66. The number of rotatable bonds is 8. The molecule has 0 spiro atoms. The van der Waals surface area contributed by atoms with E-state index in [1.165, 1.54) is 36.1 Å². The van der Waals surface area contributed by atoms with Gasteiger partial charge in [0.05, 0.1) is 0 Å². The summed E-state index contributed by atoms with van der Waals surface area (Å²) >= 11 is 0. The summed E-state index contributed by atoms with van der Waals surface area (Å²) < 4.78 is 0. The third-order valence-corrected chi connectivity index (χ3v) is 4.34. The molecule has 0 aliphatic rings. The first-order chi connectivity index (χ1) is 9.35. The second kappa shape index (κ2) is 7.64. The van der Waals surface area contributed by atoms with Crippen LogP contribution in [-0.4, -0.2) is 25.0 Å². The van der Waals surface area contributed by atoms with Crippen LogP contribution in [0, 0.1) is 5.41 Å². The van der Waals surface area contributed by atoms with Gasteiger partial charge in [0.2, 0.25) is 0 Å². The quantitative estimate of drug-likeness (QED) is 0.620. The van der Waals surface area contributed by atoms with Gasteiger partial charge in [0.15, 0.2) is 0 Å². The van der Waals surface area contributed by atoms with Gasteiger partial charge in [0, 0.05) is 0 Å². The highest BCUT2D eigenvalue weighted by molar-refractivity contribution is 5.26. The molecule has 0 saturated heterocycles. The molecule has 0 aliphatic heterocycles. The van der Waals surface area contributed by atoms with Gasteiger partial charge in [0.1, 0.15) is 0 Å². The molecule has 1 aromatic rings. The fourth-order valence-corrected chi connectivity index (χ4v) is 2.27. The largest absolute Gasteiger partial charge is 0.307 e. The maximum absolute atomic E-state index is 4.12. The van der Waals surface area contributed by atoms with E-state index in [4.69, 9.17) is 0 Å². The standard InChI is InChI=1S/C19H31N/c1-7-20(6)13-9-12-17-10-8-11-18(14-17)15-19(4,5)16(2)3/h8,10-11,14H,2,7,9,12-13,15H2,1,3-6H3. The lowest BCUT2D eigenvalue weighted by molar-refractivity contribution is 0.347. The number of hydrogen-bond donors (Lipinski definition) is 0. The third kappa shape index (κ3) is 5.50. The summed E-state index contributed by atoms with van der Waals surface area (Å²) in [6, 6.07) is 9.06. The maximum Gasteiger partial charge on any atom is -0.00187 e. The molecule has 0 amide bonds. The predicted octanol–water partition coefficient (Wildman–Crippen LogP) is 4.72. The lowest BCUT2D eigenvalue weighted by atomic mass is 9.80. The van der Waals surface area contributed by atoms with E-state index in [0.717, 1.165) is 13.0 Å². The van der Waals surface area contributed by atoms with Crippen molar-refractivity contribution in [3.63, 3.8) is 0 Å². The minimum Gasteiger partial charge on any atom is -0.307 e. The predicted molar refractivity (Wildman–Crippen MR) is 90.2 cm³/mol. The zero-order chi connectivity index (χ0) is 15.2. The van der Waals surface area contributed by atoms with Gasteiger partial charge in [-0.25, -0.2) is 0 Å². The van der Waals surface area contributed by atoms with Crippen molar-refractivity contribution >= 4 is 0 Å². The topological polar surface area (TPSA) is 3.24 Å². The van der Waals surface area contributed by atoms with Crippen LogP contribution in [-0.2, 0) is 12.8 Å². The molecule has 112 valence electrons.